The van der Waals surface area contributed by atoms with Gasteiger partial charge in [-0.2, -0.15) is 0 Å². The molecule has 0 saturated carbocycles. The molecule has 1 aromatic carbocycles. The van der Waals surface area contributed by atoms with Crippen molar-refractivity contribution in [2.24, 2.45) is 0 Å². The Bertz CT molecular complexity index is 816. The lowest BCUT2D eigenvalue weighted by atomic mass is 10.2. The van der Waals surface area contributed by atoms with Gasteiger partial charge in [-0.05, 0) is 57.9 Å². The van der Waals surface area contributed by atoms with E-state index in [0.29, 0.717) is 17.9 Å². The number of likely N-dealkylation sites (tertiary alicyclic amines) is 1. The first-order chi connectivity index (χ1) is 14.0. The average molecular weight is 400 g/mol. The molecule has 1 amide bonds. The summed E-state index contributed by atoms with van der Waals surface area (Å²) in [6, 6.07) is 6.67. The molecule has 0 N–H and O–H groups in total. The number of aryl methyl sites for hydroxylation is 2. The van der Waals surface area contributed by atoms with Gasteiger partial charge in [0.1, 0.15) is 18.1 Å². The lowest BCUT2D eigenvalue weighted by Gasteiger charge is -2.24. The smallest absolute Gasteiger partial charge is 0.338 e. The summed E-state index contributed by atoms with van der Waals surface area (Å²) < 4.78 is 16.3. The first-order valence-corrected chi connectivity index (χ1v) is 10.1. The Hall–Kier alpha value is -2.83. The zero-order valence-electron chi connectivity index (χ0n) is 17.3. The summed E-state index contributed by atoms with van der Waals surface area (Å²) in [6.45, 7) is 7.14. The first kappa shape index (κ1) is 20.9. The van der Waals surface area contributed by atoms with Crippen LogP contribution in [-0.2, 0) is 16.1 Å². The molecule has 3 rings (SSSR count). The molecule has 29 heavy (non-hydrogen) atoms. The minimum atomic E-state index is -0.795. The molecule has 1 aromatic heterocycles. The molecule has 0 radical (unpaired) electrons. The molecule has 0 unspecified atom stereocenters. The summed E-state index contributed by atoms with van der Waals surface area (Å²) in [5.74, 6) is 0.707. The van der Waals surface area contributed by atoms with Gasteiger partial charge in [0, 0.05) is 13.1 Å². The van der Waals surface area contributed by atoms with Crippen molar-refractivity contribution in [1.29, 1.82) is 0 Å². The van der Waals surface area contributed by atoms with Gasteiger partial charge >= 0.3 is 5.97 Å². The summed E-state index contributed by atoms with van der Waals surface area (Å²) in [4.78, 5) is 26.7. The van der Waals surface area contributed by atoms with Gasteiger partial charge in [-0.15, -0.1) is 0 Å². The Balaban J connectivity index is 1.53. The molecule has 1 saturated heterocycles. The van der Waals surface area contributed by atoms with Crippen molar-refractivity contribution in [2.45, 2.75) is 59.2 Å². The largest absolute Gasteiger partial charge is 0.489 e. The lowest BCUT2D eigenvalue weighted by molar-refractivity contribution is -0.139. The van der Waals surface area contributed by atoms with Crippen LogP contribution in [0.15, 0.2) is 28.8 Å². The number of rotatable bonds is 6. The third kappa shape index (κ3) is 5.37. The maximum absolute atomic E-state index is 12.5. The van der Waals surface area contributed by atoms with Gasteiger partial charge < -0.3 is 18.9 Å². The molecule has 7 heteroatoms. The molecular weight excluding hydrogens is 372 g/mol. The molecule has 156 valence electrons. The Kier molecular flexibility index (Phi) is 6.90. The number of aromatic nitrogens is 1. The highest BCUT2D eigenvalue weighted by molar-refractivity contribution is 5.92. The Morgan fingerprint density at radius 2 is 1.76 bits per heavy atom. The predicted molar refractivity (Wildman–Crippen MR) is 107 cm³/mol. The fourth-order valence-corrected chi connectivity index (χ4v) is 3.38. The number of hydrogen-bond acceptors (Lipinski definition) is 6. The van der Waals surface area contributed by atoms with E-state index in [4.69, 9.17) is 14.0 Å². The molecule has 0 aliphatic carbocycles. The van der Waals surface area contributed by atoms with E-state index in [1.54, 1.807) is 36.1 Å². The van der Waals surface area contributed by atoms with Crippen LogP contribution in [0.1, 0.15) is 60.0 Å². The minimum Gasteiger partial charge on any atom is -0.489 e. The summed E-state index contributed by atoms with van der Waals surface area (Å²) in [5, 5.41) is 3.90. The van der Waals surface area contributed by atoms with Crippen molar-refractivity contribution in [3.63, 3.8) is 0 Å². The summed E-state index contributed by atoms with van der Waals surface area (Å²) in [5.41, 5.74) is 2.09. The van der Waals surface area contributed by atoms with Crippen LogP contribution in [0.25, 0.3) is 0 Å². The molecule has 2 heterocycles. The maximum atomic E-state index is 12.5. The van der Waals surface area contributed by atoms with Crippen LogP contribution in [0.2, 0.25) is 0 Å². The van der Waals surface area contributed by atoms with Crippen LogP contribution in [0.4, 0.5) is 0 Å². The molecule has 1 aliphatic heterocycles. The zero-order valence-corrected chi connectivity index (χ0v) is 17.3. The van der Waals surface area contributed by atoms with Gasteiger partial charge in [0.2, 0.25) is 0 Å². The average Bonchev–Trinajstić information content (AvgIpc) is 2.92. The number of hydrogen-bond donors (Lipinski definition) is 0. The number of amides is 1. The van der Waals surface area contributed by atoms with Crippen LogP contribution in [0.5, 0.6) is 5.75 Å². The van der Waals surface area contributed by atoms with E-state index < -0.39 is 12.1 Å². The van der Waals surface area contributed by atoms with Crippen molar-refractivity contribution in [3.8, 4) is 5.75 Å². The van der Waals surface area contributed by atoms with Crippen molar-refractivity contribution in [1.82, 2.24) is 10.1 Å². The van der Waals surface area contributed by atoms with E-state index in [2.05, 4.69) is 5.16 Å². The Labute approximate surface area is 171 Å². The lowest BCUT2D eigenvalue weighted by Crippen LogP contribution is -2.40. The Morgan fingerprint density at radius 3 is 2.34 bits per heavy atom. The molecule has 7 nitrogen and oxygen atoms in total. The van der Waals surface area contributed by atoms with Gasteiger partial charge in [0.25, 0.3) is 5.91 Å². The number of esters is 1. The van der Waals surface area contributed by atoms with Crippen LogP contribution in [-0.4, -0.2) is 41.1 Å². The summed E-state index contributed by atoms with van der Waals surface area (Å²) in [6.07, 6.45) is 3.49. The van der Waals surface area contributed by atoms with Crippen molar-refractivity contribution >= 4 is 11.9 Å². The van der Waals surface area contributed by atoms with Gasteiger partial charge in [0.05, 0.1) is 16.8 Å². The number of carbonyl (C=O) groups is 2. The minimum absolute atomic E-state index is 0.125. The summed E-state index contributed by atoms with van der Waals surface area (Å²) in [7, 11) is 0. The second-order valence-electron chi connectivity index (χ2n) is 7.40. The Morgan fingerprint density at radius 1 is 1.10 bits per heavy atom. The number of ether oxygens (including phenoxy) is 2. The van der Waals surface area contributed by atoms with E-state index in [1.165, 1.54) is 0 Å². The standard InChI is InChI=1S/C22H28N2O5/c1-15-20(16(2)29-23-15)14-27-19-10-8-18(9-11-19)22(26)28-17(3)21(25)24-12-6-4-5-7-13-24/h8-11,17H,4-7,12-14H2,1-3H3/t17-/m1/s1. The van der Waals surface area contributed by atoms with Gasteiger partial charge in [-0.1, -0.05) is 18.0 Å². The van der Waals surface area contributed by atoms with Crippen molar-refractivity contribution in [3.05, 3.63) is 46.8 Å². The van der Waals surface area contributed by atoms with Crippen LogP contribution < -0.4 is 4.74 Å². The van der Waals surface area contributed by atoms with Gasteiger partial charge in [-0.25, -0.2) is 4.79 Å². The van der Waals surface area contributed by atoms with Crippen LogP contribution in [0, 0.1) is 13.8 Å². The van der Waals surface area contributed by atoms with Gasteiger partial charge in [-0.3, -0.25) is 4.79 Å². The molecular formula is C22H28N2O5. The number of carbonyl (C=O) groups excluding carboxylic acids is 2. The van der Waals surface area contributed by atoms with E-state index in [9.17, 15) is 9.59 Å². The van der Waals surface area contributed by atoms with E-state index in [1.807, 2.05) is 13.8 Å². The fourth-order valence-electron chi connectivity index (χ4n) is 3.38. The normalized spacial score (nSPS) is 15.5. The number of nitrogens with zero attached hydrogens (tertiary/aromatic N) is 2. The van der Waals surface area contributed by atoms with Crippen LogP contribution >= 0.6 is 0 Å². The molecule has 0 spiro atoms. The second-order valence-corrected chi connectivity index (χ2v) is 7.40. The van der Waals surface area contributed by atoms with Crippen LogP contribution in [0.3, 0.4) is 0 Å². The van der Waals surface area contributed by atoms with Gasteiger partial charge in [0.15, 0.2) is 6.10 Å². The number of benzene rings is 1. The molecule has 0 bridgehead atoms. The molecule has 2 aromatic rings. The molecule has 1 aliphatic rings. The van der Waals surface area contributed by atoms with Crippen molar-refractivity contribution < 1.29 is 23.6 Å². The topological polar surface area (TPSA) is 81.9 Å². The first-order valence-electron chi connectivity index (χ1n) is 10.1. The third-order valence-electron chi connectivity index (χ3n) is 5.20. The quantitative estimate of drug-likeness (QED) is 0.686. The maximum Gasteiger partial charge on any atom is 0.338 e. The SMILES string of the molecule is Cc1noc(C)c1COc1ccc(C(=O)O[C@H](C)C(=O)N2CCCCCC2)cc1. The highest BCUT2D eigenvalue weighted by Crippen LogP contribution is 2.19. The van der Waals surface area contributed by atoms with Crippen molar-refractivity contribution in [2.75, 3.05) is 13.1 Å². The molecule has 1 atom stereocenters. The van der Waals surface area contributed by atoms with E-state index >= 15 is 0 Å². The van der Waals surface area contributed by atoms with E-state index in [0.717, 1.165) is 55.8 Å². The summed E-state index contributed by atoms with van der Waals surface area (Å²) >= 11 is 0. The molecule has 1 fully saturated rings. The highest BCUT2D eigenvalue weighted by Gasteiger charge is 2.25. The highest BCUT2D eigenvalue weighted by atomic mass is 16.5. The third-order valence-corrected chi connectivity index (χ3v) is 5.20. The second kappa shape index (κ2) is 9.58. The fraction of sp³-hybridized carbons (Fsp3) is 0.500. The monoisotopic (exact) mass is 400 g/mol. The van der Waals surface area contributed by atoms with E-state index in [-0.39, 0.29) is 5.91 Å². The predicted octanol–water partition coefficient (Wildman–Crippen LogP) is 3.82. The zero-order chi connectivity index (χ0) is 20.8.